The molecule has 0 aliphatic carbocycles. The fourth-order valence-electron chi connectivity index (χ4n) is 2.10. The third-order valence-electron chi connectivity index (χ3n) is 3.06. The standard InChI is InChI=1S/C14H18O4/c1-3-18-14-8-10(4-5-13(14)16-2)11-9-17-7-6-12(11)15/h4-5,8,11H,3,6-7,9H2,1-2H3. The summed E-state index contributed by atoms with van der Waals surface area (Å²) in [5, 5.41) is 0. The zero-order valence-corrected chi connectivity index (χ0v) is 10.8. The van der Waals surface area contributed by atoms with Gasteiger partial charge in [0.05, 0.1) is 32.8 Å². The van der Waals surface area contributed by atoms with Gasteiger partial charge in [0.2, 0.25) is 0 Å². The first-order chi connectivity index (χ1) is 8.76. The van der Waals surface area contributed by atoms with Crippen molar-refractivity contribution in [3.63, 3.8) is 0 Å². The van der Waals surface area contributed by atoms with Crippen molar-refractivity contribution in [2.75, 3.05) is 26.9 Å². The van der Waals surface area contributed by atoms with Crippen molar-refractivity contribution in [2.24, 2.45) is 0 Å². The Morgan fingerprint density at radius 2 is 2.22 bits per heavy atom. The lowest BCUT2D eigenvalue weighted by Gasteiger charge is -2.22. The smallest absolute Gasteiger partial charge is 0.161 e. The number of hydrogen-bond donors (Lipinski definition) is 0. The number of hydrogen-bond acceptors (Lipinski definition) is 4. The summed E-state index contributed by atoms with van der Waals surface area (Å²) >= 11 is 0. The monoisotopic (exact) mass is 250 g/mol. The van der Waals surface area contributed by atoms with Crippen molar-refractivity contribution in [3.8, 4) is 11.5 Å². The van der Waals surface area contributed by atoms with E-state index in [1.807, 2.05) is 25.1 Å². The first kappa shape index (κ1) is 12.9. The molecule has 0 N–H and O–H groups in total. The van der Waals surface area contributed by atoms with Gasteiger partial charge in [0, 0.05) is 6.42 Å². The lowest BCUT2D eigenvalue weighted by molar-refractivity contribution is -0.126. The molecule has 1 heterocycles. The van der Waals surface area contributed by atoms with Crippen LogP contribution in [0.3, 0.4) is 0 Å². The molecule has 1 aliphatic rings. The molecular weight excluding hydrogens is 232 g/mol. The molecule has 1 saturated heterocycles. The summed E-state index contributed by atoms with van der Waals surface area (Å²) in [4.78, 5) is 11.9. The Kier molecular flexibility index (Phi) is 4.20. The average Bonchev–Trinajstić information content (AvgIpc) is 2.40. The third-order valence-corrected chi connectivity index (χ3v) is 3.06. The fraction of sp³-hybridized carbons (Fsp3) is 0.500. The van der Waals surface area contributed by atoms with Gasteiger partial charge in [0.1, 0.15) is 5.78 Å². The predicted molar refractivity (Wildman–Crippen MR) is 67.3 cm³/mol. The third kappa shape index (κ3) is 2.64. The highest BCUT2D eigenvalue weighted by atomic mass is 16.5. The van der Waals surface area contributed by atoms with Gasteiger partial charge in [-0.3, -0.25) is 4.79 Å². The second-order valence-corrected chi connectivity index (χ2v) is 4.19. The van der Waals surface area contributed by atoms with Crippen LogP contribution in [0.15, 0.2) is 18.2 Å². The van der Waals surface area contributed by atoms with Crippen LogP contribution in [0.4, 0.5) is 0 Å². The minimum absolute atomic E-state index is 0.177. The number of Topliss-reactive ketones (excluding diaryl/α,β-unsaturated/α-hetero) is 1. The summed E-state index contributed by atoms with van der Waals surface area (Å²) in [5.74, 6) is 1.42. The van der Waals surface area contributed by atoms with Crippen molar-refractivity contribution in [1.29, 1.82) is 0 Å². The number of ether oxygens (including phenoxy) is 3. The number of ketones is 1. The molecule has 18 heavy (non-hydrogen) atoms. The van der Waals surface area contributed by atoms with Crippen LogP contribution >= 0.6 is 0 Å². The summed E-state index contributed by atoms with van der Waals surface area (Å²) in [5.41, 5.74) is 0.934. The van der Waals surface area contributed by atoms with Crippen LogP contribution in [0.25, 0.3) is 0 Å². The highest BCUT2D eigenvalue weighted by Crippen LogP contribution is 2.32. The normalized spacial score (nSPS) is 19.7. The SMILES string of the molecule is CCOc1cc(C2COCCC2=O)ccc1OC. The first-order valence-electron chi connectivity index (χ1n) is 6.17. The molecule has 4 nitrogen and oxygen atoms in total. The van der Waals surface area contributed by atoms with Crippen LogP contribution in [0.1, 0.15) is 24.8 Å². The van der Waals surface area contributed by atoms with Crippen LogP contribution in [0, 0.1) is 0 Å². The van der Waals surface area contributed by atoms with E-state index >= 15 is 0 Å². The zero-order chi connectivity index (χ0) is 13.0. The fourth-order valence-corrected chi connectivity index (χ4v) is 2.10. The molecular formula is C14H18O4. The Labute approximate surface area is 107 Å². The summed E-state index contributed by atoms with van der Waals surface area (Å²) in [7, 11) is 1.60. The molecule has 0 aromatic heterocycles. The summed E-state index contributed by atoms with van der Waals surface area (Å²) in [6.45, 7) is 3.47. The van der Waals surface area contributed by atoms with E-state index in [1.54, 1.807) is 7.11 Å². The quantitative estimate of drug-likeness (QED) is 0.821. The number of carbonyl (C=O) groups excluding carboxylic acids is 1. The van der Waals surface area contributed by atoms with Crippen molar-refractivity contribution in [1.82, 2.24) is 0 Å². The number of methoxy groups -OCH3 is 1. The van der Waals surface area contributed by atoms with Gasteiger partial charge in [-0.05, 0) is 24.6 Å². The van der Waals surface area contributed by atoms with E-state index in [9.17, 15) is 4.79 Å². The predicted octanol–water partition coefficient (Wildman–Crippen LogP) is 2.17. The average molecular weight is 250 g/mol. The summed E-state index contributed by atoms with van der Waals surface area (Å²) in [6, 6.07) is 5.61. The Balaban J connectivity index is 2.27. The Morgan fingerprint density at radius 1 is 1.39 bits per heavy atom. The maximum Gasteiger partial charge on any atom is 0.161 e. The molecule has 1 aliphatic heterocycles. The van der Waals surface area contributed by atoms with E-state index in [1.165, 1.54) is 0 Å². The van der Waals surface area contributed by atoms with Gasteiger partial charge >= 0.3 is 0 Å². The summed E-state index contributed by atoms with van der Waals surface area (Å²) in [6.07, 6.45) is 0.487. The Bertz CT molecular complexity index is 428. The second-order valence-electron chi connectivity index (χ2n) is 4.19. The maximum atomic E-state index is 11.9. The van der Waals surface area contributed by atoms with Crippen molar-refractivity contribution < 1.29 is 19.0 Å². The molecule has 1 unspecified atom stereocenters. The molecule has 1 aromatic carbocycles. The van der Waals surface area contributed by atoms with Gasteiger partial charge in [-0.15, -0.1) is 0 Å². The van der Waals surface area contributed by atoms with Crippen molar-refractivity contribution >= 4 is 5.78 Å². The van der Waals surface area contributed by atoms with Crippen LogP contribution in [0.5, 0.6) is 11.5 Å². The molecule has 4 heteroatoms. The molecule has 0 radical (unpaired) electrons. The van der Waals surface area contributed by atoms with E-state index in [2.05, 4.69) is 0 Å². The zero-order valence-electron chi connectivity index (χ0n) is 10.8. The van der Waals surface area contributed by atoms with Crippen LogP contribution in [0.2, 0.25) is 0 Å². The molecule has 1 fully saturated rings. The van der Waals surface area contributed by atoms with Gasteiger partial charge in [0.25, 0.3) is 0 Å². The lowest BCUT2D eigenvalue weighted by atomic mass is 9.92. The topological polar surface area (TPSA) is 44.8 Å². The molecule has 0 spiro atoms. The number of benzene rings is 1. The van der Waals surface area contributed by atoms with Gasteiger partial charge in [-0.25, -0.2) is 0 Å². The van der Waals surface area contributed by atoms with Gasteiger partial charge < -0.3 is 14.2 Å². The maximum absolute atomic E-state index is 11.9. The van der Waals surface area contributed by atoms with E-state index in [0.717, 1.165) is 5.56 Å². The Morgan fingerprint density at radius 3 is 2.89 bits per heavy atom. The van der Waals surface area contributed by atoms with Crippen molar-refractivity contribution in [2.45, 2.75) is 19.3 Å². The molecule has 1 aromatic rings. The van der Waals surface area contributed by atoms with Crippen LogP contribution in [-0.4, -0.2) is 32.7 Å². The van der Waals surface area contributed by atoms with E-state index < -0.39 is 0 Å². The van der Waals surface area contributed by atoms with E-state index in [4.69, 9.17) is 14.2 Å². The molecule has 0 bridgehead atoms. The Hall–Kier alpha value is -1.55. The molecule has 2 rings (SSSR count). The van der Waals surface area contributed by atoms with Gasteiger partial charge in [-0.2, -0.15) is 0 Å². The number of rotatable bonds is 4. The molecule has 0 amide bonds. The van der Waals surface area contributed by atoms with Crippen LogP contribution < -0.4 is 9.47 Å². The van der Waals surface area contributed by atoms with Gasteiger partial charge in [-0.1, -0.05) is 6.07 Å². The van der Waals surface area contributed by atoms with Gasteiger partial charge in [0.15, 0.2) is 11.5 Å². The highest BCUT2D eigenvalue weighted by Gasteiger charge is 2.25. The molecule has 98 valence electrons. The molecule has 1 atom stereocenters. The first-order valence-corrected chi connectivity index (χ1v) is 6.17. The minimum Gasteiger partial charge on any atom is -0.493 e. The lowest BCUT2D eigenvalue weighted by Crippen LogP contribution is -2.25. The van der Waals surface area contributed by atoms with E-state index in [0.29, 0.717) is 37.7 Å². The van der Waals surface area contributed by atoms with E-state index in [-0.39, 0.29) is 11.7 Å². The number of carbonyl (C=O) groups is 1. The highest BCUT2D eigenvalue weighted by molar-refractivity contribution is 5.86. The van der Waals surface area contributed by atoms with Crippen molar-refractivity contribution in [3.05, 3.63) is 23.8 Å². The van der Waals surface area contributed by atoms with Crippen LogP contribution in [-0.2, 0) is 9.53 Å². The largest absolute Gasteiger partial charge is 0.493 e. The second kappa shape index (κ2) is 5.87. The minimum atomic E-state index is -0.177. The molecule has 0 saturated carbocycles. The summed E-state index contributed by atoms with van der Waals surface area (Å²) < 4.78 is 16.1.